The average molecular weight is 289 g/mol. The van der Waals surface area contributed by atoms with Crippen LogP contribution in [0, 0.1) is 24.2 Å². The highest BCUT2D eigenvalue weighted by Crippen LogP contribution is 2.61. The van der Waals surface area contributed by atoms with Gasteiger partial charge in [0.05, 0.1) is 7.45 Å². The van der Waals surface area contributed by atoms with E-state index in [0.29, 0.717) is 24.0 Å². The summed E-state index contributed by atoms with van der Waals surface area (Å²) in [5, 5.41) is 20.7. The molecule has 2 fully saturated rings. The number of phenolic OH excluding ortho intramolecular Hbond substituents is 1. The molecule has 3 aliphatic rings. The van der Waals surface area contributed by atoms with Crippen LogP contribution in [0.25, 0.3) is 0 Å². The van der Waals surface area contributed by atoms with Crippen LogP contribution in [0.2, 0.25) is 0 Å². The van der Waals surface area contributed by atoms with Crippen molar-refractivity contribution in [3.05, 3.63) is 28.8 Å². The standard InChI is InChI=1S/C19H26O2/c1-11-9-15-12(10-17(11)20)3-4-14-13(15)7-8-19(2)16(14)5-6-18(19)21/h9-10,13-14,16,18,20-21H,3-8H2,1-2H3/t13-,14+,16-,18-,19-/m0/s1/i6D2,18D. The van der Waals surface area contributed by atoms with E-state index in [0.717, 1.165) is 24.8 Å². The normalized spacial score (nSPS) is 49.3. The average Bonchev–Trinajstić information content (AvgIpc) is 2.64. The van der Waals surface area contributed by atoms with E-state index in [1.165, 1.54) is 11.1 Å². The highest BCUT2D eigenvalue weighted by molar-refractivity contribution is 5.45. The van der Waals surface area contributed by atoms with Gasteiger partial charge in [-0.1, -0.05) is 13.0 Å². The highest BCUT2D eigenvalue weighted by Gasteiger charge is 2.54. The van der Waals surface area contributed by atoms with Crippen molar-refractivity contribution in [2.75, 3.05) is 0 Å². The summed E-state index contributed by atoms with van der Waals surface area (Å²) in [6.45, 7) is 3.84. The maximum absolute atomic E-state index is 10.7. The molecule has 0 heterocycles. The fourth-order valence-electron chi connectivity index (χ4n) is 5.12. The van der Waals surface area contributed by atoms with Crippen molar-refractivity contribution < 1.29 is 14.3 Å². The lowest BCUT2D eigenvalue weighted by molar-refractivity contribution is -0.0226. The van der Waals surface area contributed by atoms with Gasteiger partial charge in [-0.2, -0.15) is 0 Å². The quantitative estimate of drug-likeness (QED) is 0.760. The van der Waals surface area contributed by atoms with Crippen LogP contribution in [0.4, 0.5) is 0 Å². The van der Waals surface area contributed by atoms with Crippen molar-refractivity contribution in [2.45, 2.75) is 64.3 Å². The Bertz CT molecular complexity index is 700. The fraction of sp³-hybridized carbons (Fsp3) is 0.684. The monoisotopic (exact) mass is 289 g/mol. The Morgan fingerprint density at radius 3 is 2.95 bits per heavy atom. The number of phenols is 1. The molecule has 1 aromatic rings. The minimum absolute atomic E-state index is 0.0380. The second kappa shape index (κ2) is 4.49. The van der Waals surface area contributed by atoms with Crippen molar-refractivity contribution >= 4 is 0 Å². The van der Waals surface area contributed by atoms with Gasteiger partial charge >= 0.3 is 0 Å². The van der Waals surface area contributed by atoms with Gasteiger partial charge in [0.15, 0.2) is 0 Å². The molecule has 5 atom stereocenters. The third-order valence-corrected chi connectivity index (χ3v) is 6.46. The van der Waals surface area contributed by atoms with Gasteiger partial charge in [0.1, 0.15) is 5.75 Å². The van der Waals surface area contributed by atoms with Crippen LogP contribution in [0.1, 0.15) is 65.7 Å². The minimum atomic E-state index is -2.01. The zero-order valence-electron chi connectivity index (χ0n) is 15.8. The molecule has 2 nitrogen and oxygen atoms in total. The lowest BCUT2D eigenvalue weighted by Gasteiger charge is -2.50. The molecule has 0 aromatic heterocycles. The molecule has 0 radical (unpaired) electrons. The molecular formula is C19H26O2. The molecule has 4 rings (SSSR count). The van der Waals surface area contributed by atoms with Crippen molar-refractivity contribution in [1.29, 1.82) is 0 Å². The van der Waals surface area contributed by atoms with E-state index in [-0.39, 0.29) is 12.3 Å². The Morgan fingerprint density at radius 2 is 2.14 bits per heavy atom. The number of benzene rings is 1. The summed E-state index contributed by atoms with van der Waals surface area (Å²) >= 11 is 0. The van der Waals surface area contributed by atoms with Gasteiger partial charge in [0.25, 0.3) is 0 Å². The van der Waals surface area contributed by atoms with Crippen LogP contribution in [0.5, 0.6) is 5.75 Å². The van der Waals surface area contributed by atoms with Crippen molar-refractivity contribution in [3.8, 4) is 5.75 Å². The lowest BCUT2D eigenvalue weighted by Crippen LogP contribution is -2.43. The summed E-state index contributed by atoms with van der Waals surface area (Å²) in [4.78, 5) is 0. The molecule has 2 saturated carbocycles. The first kappa shape index (κ1) is 10.7. The minimum Gasteiger partial charge on any atom is -0.508 e. The van der Waals surface area contributed by atoms with Crippen LogP contribution in [0.3, 0.4) is 0 Å². The van der Waals surface area contributed by atoms with Crippen molar-refractivity contribution in [2.24, 2.45) is 17.3 Å². The molecule has 114 valence electrons. The maximum atomic E-state index is 10.7. The summed E-state index contributed by atoms with van der Waals surface area (Å²) < 4.78 is 24.8. The Labute approximate surface area is 131 Å². The van der Waals surface area contributed by atoms with Crippen molar-refractivity contribution in [1.82, 2.24) is 0 Å². The number of aliphatic hydroxyl groups is 1. The van der Waals surface area contributed by atoms with Crippen LogP contribution in [-0.2, 0) is 6.42 Å². The van der Waals surface area contributed by atoms with E-state index in [1.807, 2.05) is 19.9 Å². The van der Waals surface area contributed by atoms with Crippen LogP contribution >= 0.6 is 0 Å². The number of hydrogen-bond acceptors (Lipinski definition) is 2. The Morgan fingerprint density at radius 1 is 1.33 bits per heavy atom. The molecule has 0 unspecified atom stereocenters. The zero-order valence-corrected chi connectivity index (χ0v) is 12.8. The summed E-state index contributed by atoms with van der Waals surface area (Å²) in [7, 11) is 0. The fourth-order valence-corrected chi connectivity index (χ4v) is 5.12. The summed E-state index contributed by atoms with van der Waals surface area (Å²) in [5.74, 6) is 1.06. The lowest BCUT2D eigenvalue weighted by atomic mass is 9.55. The highest BCUT2D eigenvalue weighted by atomic mass is 16.3. The molecule has 1 aromatic carbocycles. The third kappa shape index (κ3) is 1.81. The van der Waals surface area contributed by atoms with Crippen LogP contribution < -0.4 is 0 Å². The van der Waals surface area contributed by atoms with E-state index in [1.54, 1.807) is 0 Å². The van der Waals surface area contributed by atoms with E-state index in [2.05, 4.69) is 6.07 Å². The van der Waals surface area contributed by atoms with Gasteiger partial charge in [-0.3, -0.25) is 0 Å². The Kier molecular flexibility index (Phi) is 2.28. The van der Waals surface area contributed by atoms with E-state index in [4.69, 9.17) is 4.11 Å². The number of rotatable bonds is 0. The predicted octanol–water partition coefficient (Wildman–Crippen LogP) is 3.92. The number of fused-ring (bicyclic) bond motifs is 5. The van der Waals surface area contributed by atoms with E-state index >= 15 is 0 Å². The molecule has 21 heavy (non-hydrogen) atoms. The van der Waals surface area contributed by atoms with Gasteiger partial charge in [0.2, 0.25) is 0 Å². The summed E-state index contributed by atoms with van der Waals surface area (Å²) in [6, 6.07) is 3.99. The van der Waals surface area contributed by atoms with Crippen LogP contribution in [0.15, 0.2) is 12.1 Å². The first-order valence-corrected chi connectivity index (χ1v) is 8.13. The maximum Gasteiger partial charge on any atom is 0.118 e. The van der Waals surface area contributed by atoms with Gasteiger partial charge in [-0.05, 0) is 91.3 Å². The van der Waals surface area contributed by atoms with Gasteiger partial charge in [0, 0.05) is 2.74 Å². The second-order valence-corrected chi connectivity index (χ2v) is 7.44. The molecule has 0 saturated heterocycles. The summed E-state index contributed by atoms with van der Waals surface area (Å²) in [5.41, 5.74) is 2.72. The first-order valence-electron chi connectivity index (χ1n) is 9.63. The number of aryl methyl sites for hydroxylation is 2. The molecule has 2 heteroatoms. The molecule has 0 amide bonds. The largest absolute Gasteiger partial charge is 0.508 e. The molecule has 0 aliphatic heterocycles. The van der Waals surface area contributed by atoms with Crippen LogP contribution in [-0.4, -0.2) is 16.3 Å². The summed E-state index contributed by atoms with van der Waals surface area (Å²) in [6.07, 6.45) is -0.197. The molecule has 2 N–H and O–H groups in total. The Hall–Kier alpha value is -1.02. The molecule has 0 bridgehead atoms. The topological polar surface area (TPSA) is 40.5 Å². The SMILES string of the molecule is [2H]C1([2H])C[C@H]2[C@@H]3CCc4cc(O)c(C)cc4[C@H]3CC[C@]2(C)[C@@]1([2H])O. The second-order valence-electron chi connectivity index (χ2n) is 7.44. The number of aromatic hydroxyl groups is 1. The molecule has 3 aliphatic carbocycles. The number of hydrogen-bond donors (Lipinski definition) is 2. The van der Waals surface area contributed by atoms with Gasteiger partial charge in [-0.25, -0.2) is 0 Å². The zero-order chi connectivity index (χ0) is 17.5. The van der Waals surface area contributed by atoms with E-state index in [9.17, 15) is 10.2 Å². The van der Waals surface area contributed by atoms with Gasteiger partial charge < -0.3 is 10.2 Å². The third-order valence-electron chi connectivity index (χ3n) is 6.46. The first-order chi connectivity index (χ1) is 11.1. The molecular weight excluding hydrogens is 260 g/mol. The van der Waals surface area contributed by atoms with Crippen molar-refractivity contribution in [3.63, 3.8) is 0 Å². The van der Waals surface area contributed by atoms with E-state index < -0.39 is 17.9 Å². The molecule has 0 spiro atoms. The smallest absolute Gasteiger partial charge is 0.118 e. The van der Waals surface area contributed by atoms with Gasteiger partial charge in [-0.15, -0.1) is 0 Å². The predicted molar refractivity (Wildman–Crippen MR) is 83.5 cm³/mol. The Balaban J connectivity index is 1.76.